The Balaban J connectivity index is 5.40. The van der Waals surface area contributed by atoms with Crippen LogP contribution in [-0.2, 0) is 65.4 Å². The van der Waals surface area contributed by atoms with Crippen molar-refractivity contribution in [1.82, 2.24) is 0 Å². The summed E-state index contributed by atoms with van der Waals surface area (Å²) < 4.78 is 68.6. The summed E-state index contributed by atoms with van der Waals surface area (Å²) in [6.45, 7) is 4.64. The molecule has 0 amide bonds. The topological polar surface area (TPSA) is 237 Å². The maximum absolute atomic E-state index is 13.1. The Morgan fingerprint density at radius 2 is 0.510 bits per heavy atom. The molecule has 0 spiro atoms. The number of unbranched alkanes of at least 4 members (excludes halogenated alkanes) is 30. The first kappa shape index (κ1) is 99.5. The van der Waals surface area contributed by atoms with E-state index >= 15 is 0 Å². The Kier molecular flexibility index (Phi) is 73.3. The summed E-state index contributed by atoms with van der Waals surface area (Å²) in [6, 6.07) is 0. The predicted molar refractivity (Wildman–Crippen MR) is 427 cm³/mol. The molecular formula is C85H146O17P2. The van der Waals surface area contributed by atoms with Gasteiger partial charge in [0, 0.05) is 25.7 Å². The Morgan fingerprint density at radius 1 is 0.279 bits per heavy atom. The number of ether oxygens (including phenoxy) is 4. The Hall–Kier alpha value is -4.54. The summed E-state index contributed by atoms with van der Waals surface area (Å²) in [7, 11) is -9.98. The van der Waals surface area contributed by atoms with Crippen LogP contribution in [0.1, 0.15) is 336 Å². The molecule has 5 atom stereocenters. The van der Waals surface area contributed by atoms with Crippen LogP contribution >= 0.6 is 15.6 Å². The summed E-state index contributed by atoms with van der Waals surface area (Å²) in [5, 5.41) is 10.6. The zero-order valence-electron chi connectivity index (χ0n) is 65.4. The number of aliphatic hydroxyl groups excluding tert-OH is 1. The van der Waals surface area contributed by atoms with E-state index in [-0.39, 0.29) is 25.7 Å². The molecule has 0 aromatic carbocycles. The van der Waals surface area contributed by atoms with Gasteiger partial charge in [0.25, 0.3) is 0 Å². The van der Waals surface area contributed by atoms with Gasteiger partial charge in [-0.1, -0.05) is 297 Å². The second-order valence-corrected chi connectivity index (χ2v) is 29.9. The zero-order chi connectivity index (χ0) is 76.0. The quantitative estimate of drug-likeness (QED) is 0.0169. The van der Waals surface area contributed by atoms with Crippen LogP contribution in [0.3, 0.4) is 0 Å². The summed E-state index contributed by atoms with van der Waals surface area (Å²) in [4.78, 5) is 73.0. The van der Waals surface area contributed by atoms with Crippen LogP contribution in [0.4, 0.5) is 0 Å². The number of phosphoric ester groups is 2. The Labute approximate surface area is 632 Å². The van der Waals surface area contributed by atoms with Crippen molar-refractivity contribution >= 4 is 39.5 Å². The molecule has 5 unspecified atom stereocenters. The molecule has 0 aromatic rings. The molecule has 0 aliphatic rings. The van der Waals surface area contributed by atoms with E-state index in [0.29, 0.717) is 32.1 Å². The average molecular weight is 1500 g/mol. The third kappa shape index (κ3) is 75.7. The number of rotatable bonds is 76. The van der Waals surface area contributed by atoms with Crippen LogP contribution in [0, 0.1) is 0 Å². The van der Waals surface area contributed by atoms with Crippen molar-refractivity contribution in [3.8, 4) is 0 Å². The molecule has 0 aromatic heterocycles. The highest BCUT2D eigenvalue weighted by atomic mass is 31.2. The molecule has 0 saturated heterocycles. The second kappa shape index (κ2) is 76.6. The van der Waals surface area contributed by atoms with Gasteiger partial charge in [0.15, 0.2) is 12.2 Å². The summed E-state index contributed by atoms with van der Waals surface area (Å²) in [5.41, 5.74) is 0. The second-order valence-electron chi connectivity index (χ2n) is 27.0. The standard InChI is InChI=1S/C85H146O17P2/c1-5-9-13-17-21-25-29-33-36-38-39-41-44-47-50-54-58-62-66-70-83(88)96-76-81(102-85(90)72-68-64-60-56-52-48-42-35-31-27-23-19-15-11-7-3)78-100-104(93,94)98-74-79(86)73-97-103(91,92)99-77-80(101-84(89)71-67-63-59-55-51-45-32-28-24-20-16-12-8-4)75-95-82(87)69-65-61-57-53-49-46-43-40-37-34-30-26-22-18-14-10-6-2/h10,14,21-23,25-27,33-37,39,41-43,46,53,57,79-81,86H,5-9,11-13,15-20,24,28-32,38,40,44-45,47-52,54-56,58-78H2,1-4H3,(H,91,92)(H,93,94)/b14-10-,25-21-,26-22-,27-23-,36-33-,37-34-,41-39-,42-35-,46-43-,57-53-. The molecular weight excluding hydrogens is 1350 g/mol. The van der Waals surface area contributed by atoms with Crippen molar-refractivity contribution in [2.45, 2.75) is 354 Å². The summed E-state index contributed by atoms with van der Waals surface area (Å²) in [5.74, 6) is -2.26. The average Bonchev–Trinajstić information content (AvgIpc) is 0.918. The lowest BCUT2D eigenvalue weighted by Crippen LogP contribution is -2.30. The van der Waals surface area contributed by atoms with Crippen molar-refractivity contribution in [1.29, 1.82) is 0 Å². The maximum Gasteiger partial charge on any atom is 0.472 e. The van der Waals surface area contributed by atoms with E-state index in [1.807, 2.05) is 12.2 Å². The fourth-order valence-corrected chi connectivity index (χ4v) is 12.3. The highest BCUT2D eigenvalue weighted by molar-refractivity contribution is 7.47. The van der Waals surface area contributed by atoms with Gasteiger partial charge in [0.1, 0.15) is 19.3 Å². The summed E-state index contributed by atoms with van der Waals surface area (Å²) in [6.07, 6.45) is 84.6. The fourth-order valence-electron chi connectivity index (χ4n) is 10.7. The van der Waals surface area contributed by atoms with Gasteiger partial charge in [-0.2, -0.15) is 0 Å². The normalized spacial score (nSPS) is 14.5. The van der Waals surface area contributed by atoms with Crippen LogP contribution in [0.15, 0.2) is 122 Å². The van der Waals surface area contributed by atoms with E-state index in [9.17, 15) is 43.2 Å². The molecule has 0 aliphatic heterocycles. The highest BCUT2D eigenvalue weighted by Crippen LogP contribution is 2.45. The minimum Gasteiger partial charge on any atom is -0.462 e. The third-order valence-corrected chi connectivity index (χ3v) is 18.8. The first-order valence-corrected chi connectivity index (χ1v) is 43.8. The SMILES string of the molecule is CC/C=C\C/C=C\C/C=C\C/C=C\C/C=C\CCCC(=O)OCC(COP(=O)(O)OCC(O)COP(=O)(O)OCC(COC(=O)CCCCCCCC/C=C\C/C=C\C/C=C\CCCCC)OC(=O)CCCCCCC/C=C\C/C=C\CCCCC)OC(=O)CCCCCCCCCCCCCCC. The monoisotopic (exact) mass is 1500 g/mol. The highest BCUT2D eigenvalue weighted by Gasteiger charge is 2.30. The van der Waals surface area contributed by atoms with Gasteiger partial charge in [0.05, 0.1) is 26.4 Å². The van der Waals surface area contributed by atoms with Crippen molar-refractivity contribution in [2.75, 3.05) is 39.6 Å². The maximum atomic E-state index is 13.1. The van der Waals surface area contributed by atoms with E-state index in [0.717, 1.165) is 161 Å². The van der Waals surface area contributed by atoms with E-state index in [1.54, 1.807) is 0 Å². The first-order chi connectivity index (χ1) is 50.7. The van der Waals surface area contributed by atoms with Gasteiger partial charge >= 0.3 is 39.5 Å². The number of hydrogen-bond donors (Lipinski definition) is 3. The number of aliphatic hydroxyl groups is 1. The lowest BCUT2D eigenvalue weighted by atomic mass is 10.0. The minimum absolute atomic E-state index is 0.0735. The van der Waals surface area contributed by atoms with Crippen LogP contribution in [0.5, 0.6) is 0 Å². The summed E-state index contributed by atoms with van der Waals surface area (Å²) >= 11 is 0. The molecule has 3 N–H and O–H groups in total. The molecule has 598 valence electrons. The smallest absolute Gasteiger partial charge is 0.462 e. The van der Waals surface area contributed by atoms with E-state index < -0.39 is 97.5 Å². The van der Waals surface area contributed by atoms with Crippen molar-refractivity contribution < 1.29 is 80.2 Å². The molecule has 17 nitrogen and oxygen atoms in total. The zero-order valence-corrected chi connectivity index (χ0v) is 67.2. The molecule has 0 bridgehead atoms. The lowest BCUT2D eigenvalue weighted by molar-refractivity contribution is -0.161. The van der Waals surface area contributed by atoms with E-state index in [1.165, 1.54) is 89.9 Å². The fraction of sp³-hybridized carbons (Fsp3) is 0.718. The Bertz CT molecular complexity index is 2440. The number of carbonyl (C=O) groups is 4. The van der Waals surface area contributed by atoms with E-state index in [2.05, 4.69) is 137 Å². The van der Waals surface area contributed by atoms with Crippen molar-refractivity contribution in [3.63, 3.8) is 0 Å². The predicted octanol–water partition coefficient (Wildman–Crippen LogP) is 23.9. The van der Waals surface area contributed by atoms with Crippen LogP contribution < -0.4 is 0 Å². The number of phosphoric acid groups is 2. The van der Waals surface area contributed by atoms with Gasteiger partial charge < -0.3 is 33.8 Å². The van der Waals surface area contributed by atoms with E-state index in [4.69, 9.17) is 37.0 Å². The molecule has 19 heteroatoms. The first-order valence-electron chi connectivity index (χ1n) is 40.8. The largest absolute Gasteiger partial charge is 0.472 e. The minimum atomic E-state index is -4.99. The molecule has 0 rings (SSSR count). The molecule has 0 saturated carbocycles. The van der Waals surface area contributed by atoms with Crippen molar-refractivity contribution in [3.05, 3.63) is 122 Å². The van der Waals surface area contributed by atoms with Gasteiger partial charge in [-0.3, -0.25) is 37.3 Å². The van der Waals surface area contributed by atoms with Gasteiger partial charge in [-0.05, 0) is 135 Å². The number of esters is 4. The molecule has 0 radical (unpaired) electrons. The van der Waals surface area contributed by atoms with Gasteiger partial charge in [-0.25, -0.2) is 9.13 Å². The van der Waals surface area contributed by atoms with Crippen LogP contribution in [0.25, 0.3) is 0 Å². The van der Waals surface area contributed by atoms with Gasteiger partial charge in [-0.15, -0.1) is 0 Å². The lowest BCUT2D eigenvalue weighted by Gasteiger charge is -2.21. The van der Waals surface area contributed by atoms with Crippen LogP contribution in [-0.4, -0.2) is 96.7 Å². The molecule has 0 fully saturated rings. The number of allylic oxidation sites excluding steroid dienone is 20. The third-order valence-electron chi connectivity index (χ3n) is 16.9. The Morgan fingerprint density at radius 3 is 0.827 bits per heavy atom. The number of carbonyl (C=O) groups excluding carboxylic acids is 4. The molecule has 0 heterocycles. The van der Waals surface area contributed by atoms with Crippen molar-refractivity contribution in [2.24, 2.45) is 0 Å². The van der Waals surface area contributed by atoms with Crippen LogP contribution in [0.2, 0.25) is 0 Å². The molecule has 0 aliphatic carbocycles. The van der Waals surface area contributed by atoms with Gasteiger partial charge in [0.2, 0.25) is 0 Å². The molecule has 104 heavy (non-hydrogen) atoms. The number of hydrogen-bond acceptors (Lipinski definition) is 15.